The molecule has 1 atom stereocenters. The summed E-state index contributed by atoms with van der Waals surface area (Å²) in [6, 6.07) is 1.30. The van der Waals surface area contributed by atoms with Gasteiger partial charge in [-0.1, -0.05) is 24.9 Å². The number of halogens is 1. The first-order valence-corrected chi connectivity index (χ1v) is 8.18. The van der Waals surface area contributed by atoms with Gasteiger partial charge in [0, 0.05) is 18.8 Å². The maximum absolute atomic E-state index is 12.1. The normalized spacial score (nSPS) is 13.3. The summed E-state index contributed by atoms with van der Waals surface area (Å²) in [6.07, 6.45) is 3.02. The molecule has 0 bridgehead atoms. The van der Waals surface area contributed by atoms with Gasteiger partial charge in [0.05, 0.1) is 5.02 Å². The van der Waals surface area contributed by atoms with Gasteiger partial charge in [-0.05, 0) is 26.3 Å². The number of anilines is 1. The van der Waals surface area contributed by atoms with Crippen LogP contribution in [0.15, 0.2) is 17.2 Å². The molecule has 0 aliphatic rings. The van der Waals surface area contributed by atoms with Crippen molar-refractivity contribution in [2.45, 2.75) is 44.6 Å². The van der Waals surface area contributed by atoms with E-state index in [1.807, 2.05) is 20.8 Å². The minimum atomic E-state index is -3.56. The van der Waals surface area contributed by atoms with E-state index in [1.165, 1.54) is 12.3 Å². The first-order chi connectivity index (χ1) is 8.90. The Morgan fingerprint density at radius 1 is 1.42 bits per heavy atom. The highest BCUT2D eigenvalue weighted by Gasteiger charge is 2.18. The van der Waals surface area contributed by atoms with Gasteiger partial charge in [0.25, 0.3) is 0 Å². The first kappa shape index (κ1) is 16.2. The van der Waals surface area contributed by atoms with Gasteiger partial charge in [-0.2, -0.15) is 0 Å². The topological polar surface area (TPSA) is 71.1 Å². The predicted octanol–water partition coefficient (Wildman–Crippen LogP) is 2.63. The standard InChI is InChI=1S/C12H20ClN3O2S/c1-4-6-9(3)16-19(17,18)10-7-11(13)12(14-5-2)15-8-10/h7-9,16H,4-6H2,1-3H3,(H,14,15). The largest absolute Gasteiger partial charge is 0.369 e. The molecule has 1 aromatic heterocycles. The van der Waals surface area contributed by atoms with E-state index in [1.54, 1.807) is 0 Å². The van der Waals surface area contributed by atoms with Crippen molar-refractivity contribution in [2.24, 2.45) is 0 Å². The second kappa shape index (κ2) is 7.07. The number of sulfonamides is 1. The number of aromatic nitrogens is 1. The lowest BCUT2D eigenvalue weighted by molar-refractivity contribution is 0.543. The average molecular weight is 306 g/mol. The minimum Gasteiger partial charge on any atom is -0.369 e. The highest BCUT2D eigenvalue weighted by molar-refractivity contribution is 7.89. The van der Waals surface area contributed by atoms with Crippen LogP contribution in [0, 0.1) is 0 Å². The molecule has 1 aromatic rings. The van der Waals surface area contributed by atoms with Crippen LogP contribution in [0.5, 0.6) is 0 Å². The molecular weight excluding hydrogens is 286 g/mol. The molecule has 0 radical (unpaired) electrons. The number of nitrogens with one attached hydrogen (secondary N) is 2. The van der Waals surface area contributed by atoms with Gasteiger partial charge in [0.2, 0.25) is 10.0 Å². The zero-order chi connectivity index (χ0) is 14.5. The summed E-state index contributed by atoms with van der Waals surface area (Å²) in [5, 5.41) is 3.26. The van der Waals surface area contributed by atoms with E-state index in [4.69, 9.17) is 11.6 Å². The molecule has 0 saturated carbocycles. The molecular formula is C12H20ClN3O2S. The second-order valence-corrected chi connectivity index (χ2v) is 6.46. The minimum absolute atomic E-state index is 0.0853. The van der Waals surface area contributed by atoms with Gasteiger partial charge >= 0.3 is 0 Å². The maximum atomic E-state index is 12.1. The van der Waals surface area contributed by atoms with Crippen LogP contribution in [0.1, 0.15) is 33.6 Å². The SMILES string of the molecule is CCCC(C)NS(=O)(=O)c1cnc(NCC)c(Cl)c1. The zero-order valence-corrected chi connectivity index (χ0v) is 13.0. The van der Waals surface area contributed by atoms with E-state index in [9.17, 15) is 8.42 Å². The molecule has 0 fully saturated rings. The zero-order valence-electron chi connectivity index (χ0n) is 11.4. The Hall–Kier alpha value is -0.850. The fourth-order valence-electron chi connectivity index (χ4n) is 1.69. The second-order valence-electron chi connectivity index (χ2n) is 4.34. The molecule has 2 N–H and O–H groups in total. The number of rotatable bonds is 7. The quantitative estimate of drug-likeness (QED) is 0.812. The van der Waals surface area contributed by atoms with E-state index in [2.05, 4.69) is 15.0 Å². The number of pyridine rings is 1. The van der Waals surface area contributed by atoms with Crippen molar-refractivity contribution in [3.05, 3.63) is 17.3 Å². The molecule has 19 heavy (non-hydrogen) atoms. The lowest BCUT2D eigenvalue weighted by atomic mass is 10.2. The van der Waals surface area contributed by atoms with Crippen molar-refractivity contribution < 1.29 is 8.42 Å². The molecule has 1 rings (SSSR count). The van der Waals surface area contributed by atoms with Crippen LogP contribution in [-0.4, -0.2) is 26.0 Å². The lowest BCUT2D eigenvalue weighted by Crippen LogP contribution is -2.32. The Morgan fingerprint density at radius 3 is 2.63 bits per heavy atom. The van der Waals surface area contributed by atoms with Gasteiger partial charge in [-0.3, -0.25) is 0 Å². The molecule has 5 nitrogen and oxygen atoms in total. The molecule has 0 aliphatic carbocycles. The van der Waals surface area contributed by atoms with Crippen LogP contribution in [0.2, 0.25) is 5.02 Å². The molecule has 0 aliphatic heterocycles. The summed E-state index contributed by atoms with van der Waals surface area (Å²) in [7, 11) is -3.56. The Bertz CT molecular complexity index is 520. The molecule has 0 amide bonds. The monoisotopic (exact) mass is 305 g/mol. The summed E-state index contributed by atoms with van der Waals surface area (Å²) in [4.78, 5) is 4.11. The average Bonchev–Trinajstić information content (AvgIpc) is 2.31. The highest BCUT2D eigenvalue weighted by Crippen LogP contribution is 2.22. The van der Waals surface area contributed by atoms with Gasteiger partial charge in [0.15, 0.2) is 0 Å². The van der Waals surface area contributed by atoms with Crippen LogP contribution in [0.4, 0.5) is 5.82 Å². The van der Waals surface area contributed by atoms with Crippen molar-refractivity contribution in [1.29, 1.82) is 0 Å². The highest BCUT2D eigenvalue weighted by atomic mass is 35.5. The number of nitrogens with zero attached hydrogens (tertiary/aromatic N) is 1. The van der Waals surface area contributed by atoms with Crippen LogP contribution in [0.3, 0.4) is 0 Å². The fraction of sp³-hybridized carbons (Fsp3) is 0.583. The summed E-state index contributed by atoms with van der Waals surface area (Å²) in [5.41, 5.74) is 0. The van der Waals surface area contributed by atoms with E-state index in [0.29, 0.717) is 17.4 Å². The number of hydrogen-bond donors (Lipinski definition) is 2. The van der Waals surface area contributed by atoms with Gasteiger partial charge in [-0.25, -0.2) is 18.1 Å². The van der Waals surface area contributed by atoms with Crippen molar-refractivity contribution in [2.75, 3.05) is 11.9 Å². The smallest absolute Gasteiger partial charge is 0.242 e. The van der Waals surface area contributed by atoms with Gasteiger partial charge < -0.3 is 5.32 Å². The van der Waals surface area contributed by atoms with Crippen LogP contribution >= 0.6 is 11.6 Å². The fourth-order valence-corrected chi connectivity index (χ4v) is 3.24. The molecule has 0 aromatic carbocycles. The third-order valence-corrected chi connectivity index (χ3v) is 4.39. The molecule has 108 valence electrons. The molecule has 1 heterocycles. The van der Waals surface area contributed by atoms with Crippen LogP contribution in [0.25, 0.3) is 0 Å². The van der Waals surface area contributed by atoms with Gasteiger partial charge in [-0.15, -0.1) is 0 Å². The summed E-state index contributed by atoms with van der Waals surface area (Å²) in [5.74, 6) is 0.490. The Balaban J connectivity index is 2.93. The Morgan fingerprint density at radius 2 is 2.11 bits per heavy atom. The van der Waals surface area contributed by atoms with E-state index < -0.39 is 10.0 Å². The van der Waals surface area contributed by atoms with Crippen molar-refractivity contribution in [1.82, 2.24) is 9.71 Å². The van der Waals surface area contributed by atoms with E-state index in [-0.39, 0.29) is 10.9 Å². The Kier molecular flexibility index (Phi) is 6.03. The van der Waals surface area contributed by atoms with E-state index >= 15 is 0 Å². The summed E-state index contributed by atoms with van der Waals surface area (Å²) >= 11 is 5.99. The molecule has 1 unspecified atom stereocenters. The maximum Gasteiger partial charge on any atom is 0.242 e. The summed E-state index contributed by atoms with van der Waals surface area (Å²) in [6.45, 7) is 6.43. The number of hydrogen-bond acceptors (Lipinski definition) is 4. The van der Waals surface area contributed by atoms with Crippen molar-refractivity contribution in [3.63, 3.8) is 0 Å². The van der Waals surface area contributed by atoms with Crippen molar-refractivity contribution >= 4 is 27.4 Å². The summed E-state index contributed by atoms with van der Waals surface area (Å²) < 4.78 is 26.8. The van der Waals surface area contributed by atoms with E-state index in [0.717, 1.165) is 12.8 Å². The predicted molar refractivity (Wildman–Crippen MR) is 78.1 cm³/mol. The van der Waals surface area contributed by atoms with Gasteiger partial charge in [0.1, 0.15) is 10.7 Å². The molecule has 0 spiro atoms. The molecule has 0 saturated heterocycles. The van der Waals surface area contributed by atoms with Crippen LogP contribution < -0.4 is 10.0 Å². The third kappa shape index (κ3) is 4.63. The molecule has 7 heteroatoms. The first-order valence-electron chi connectivity index (χ1n) is 6.32. The lowest BCUT2D eigenvalue weighted by Gasteiger charge is -2.14. The van der Waals surface area contributed by atoms with Crippen molar-refractivity contribution in [3.8, 4) is 0 Å². The third-order valence-electron chi connectivity index (χ3n) is 2.55. The van der Waals surface area contributed by atoms with Crippen LogP contribution in [-0.2, 0) is 10.0 Å². The Labute approximate surface area is 119 Å².